The zero-order valence-corrected chi connectivity index (χ0v) is 8.80. The van der Waals surface area contributed by atoms with Crippen LogP contribution in [-0.2, 0) is 9.53 Å². The second kappa shape index (κ2) is 4.82. The zero-order chi connectivity index (χ0) is 9.84. The van der Waals surface area contributed by atoms with Crippen LogP contribution in [0.5, 0.6) is 0 Å². The number of hydrogen-bond acceptors (Lipinski definition) is 2. The van der Waals surface area contributed by atoms with Gasteiger partial charge in [-0.1, -0.05) is 6.92 Å². The highest BCUT2D eigenvalue weighted by atomic mass is 35.5. The van der Waals surface area contributed by atoms with Gasteiger partial charge in [-0.15, -0.1) is 11.6 Å². The molecule has 76 valence electrons. The molecule has 3 atom stereocenters. The molecule has 0 saturated carbocycles. The van der Waals surface area contributed by atoms with Gasteiger partial charge in [0, 0.05) is 12.6 Å². The second-order valence-corrected chi connectivity index (χ2v) is 4.23. The minimum atomic E-state index is -0.449. The predicted molar refractivity (Wildman–Crippen MR) is 51.8 cm³/mol. The number of rotatable bonds is 2. The van der Waals surface area contributed by atoms with Crippen LogP contribution in [0.4, 0.5) is 0 Å². The van der Waals surface area contributed by atoms with Crippen LogP contribution in [0, 0.1) is 5.92 Å². The highest BCUT2D eigenvalue weighted by Crippen LogP contribution is 2.14. The molecule has 1 aliphatic heterocycles. The number of carbonyl (C=O) groups excluding carboxylic acids is 1. The molecule has 1 N–H and O–H groups in total. The van der Waals surface area contributed by atoms with Gasteiger partial charge in [0.1, 0.15) is 5.38 Å². The lowest BCUT2D eigenvalue weighted by Gasteiger charge is -2.29. The largest absolute Gasteiger partial charge is 0.381 e. The van der Waals surface area contributed by atoms with Gasteiger partial charge in [-0.3, -0.25) is 4.79 Å². The van der Waals surface area contributed by atoms with Gasteiger partial charge in [-0.05, 0) is 19.3 Å². The molecule has 0 bridgehead atoms. The summed E-state index contributed by atoms with van der Waals surface area (Å²) in [6.07, 6.45) is 0.885. The fourth-order valence-corrected chi connectivity index (χ4v) is 1.46. The molecule has 1 aliphatic rings. The van der Waals surface area contributed by atoms with E-state index in [0.29, 0.717) is 5.92 Å². The maximum Gasteiger partial charge on any atom is 0.237 e. The van der Waals surface area contributed by atoms with Gasteiger partial charge < -0.3 is 10.1 Å². The fraction of sp³-hybridized carbons (Fsp3) is 0.889. The van der Waals surface area contributed by atoms with E-state index < -0.39 is 5.38 Å². The maximum absolute atomic E-state index is 11.3. The van der Waals surface area contributed by atoms with E-state index in [1.807, 2.05) is 0 Å². The maximum atomic E-state index is 11.3. The number of carbonyl (C=O) groups is 1. The Bertz CT molecular complexity index is 184. The lowest BCUT2D eigenvalue weighted by molar-refractivity contribution is -0.122. The summed E-state index contributed by atoms with van der Waals surface area (Å²) >= 11 is 5.65. The fourth-order valence-electron chi connectivity index (χ4n) is 1.39. The van der Waals surface area contributed by atoms with Crippen LogP contribution in [-0.4, -0.2) is 30.5 Å². The predicted octanol–water partition coefficient (Wildman–Crippen LogP) is 1.15. The summed E-state index contributed by atoms with van der Waals surface area (Å²) in [5, 5.41) is 2.47. The molecule has 0 aromatic heterocycles. The lowest BCUT2D eigenvalue weighted by Crippen LogP contribution is -2.46. The molecule has 1 amide bonds. The number of nitrogens with one attached hydrogen (secondary N) is 1. The Hall–Kier alpha value is -0.280. The highest BCUT2D eigenvalue weighted by Gasteiger charge is 2.24. The molecule has 0 aromatic rings. The van der Waals surface area contributed by atoms with E-state index in [-0.39, 0.29) is 11.9 Å². The molecule has 1 fully saturated rings. The van der Waals surface area contributed by atoms with Crippen molar-refractivity contribution in [2.24, 2.45) is 5.92 Å². The van der Waals surface area contributed by atoms with E-state index in [1.54, 1.807) is 6.92 Å². The average molecular weight is 206 g/mol. The van der Waals surface area contributed by atoms with Crippen molar-refractivity contribution < 1.29 is 9.53 Å². The Labute approximate surface area is 83.8 Å². The normalized spacial score (nSPS) is 31.0. The number of halogens is 1. The first kappa shape index (κ1) is 10.8. The van der Waals surface area contributed by atoms with Crippen LogP contribution in [0.25, 0.3) is 0 Å². The molecule has 1 rings (SSSR count). The van der Waals surface area contributed by atoms with Gasteiger partial charge in [-0.25, -0.2) is 0 Å². The van der Waals surface area contributed by atoms with Crippen molar-refractivity contribution in [2.45, 2.75) is 31.7 Å². The second-order valence-electron chi connectivity index (χ2n) is 3.57. The summed E-state index contributed by atoms with van der Waals surface area (Å²) in [5.41, 5.74) is 0. The van der Waals surface area contributed by atoms with Gasteiger partial charge in [0.2, 0.25) is 5.91 Å². The van der Waals surface area contributed by atoms with Crippen molar-refractivity contribution in [3.63, 3.8) is 0 Å². The standard InChI is InChI=1S/C9H16ClNO2/c1-6-5-13-4-3-8(6)11-9(12)7(2)10/h6-8H,3-5H2,1-2H3,(H,11,12). The molecule has 0 aliphatic carbocycles. The van der Waals surface area contributed by atoms with E-state index in [2.05, 4.69) is 12.2 Å². The third-order valence-electron chi connectivity index (χ3n) is 2.33. The molecule has 1 saturated heterocycles. The summed E-state index contributed by atoms with van der Waals surface area (Å²) in [4.78, 5) is 11.3. The lowest BCUT2D eigenvalue weighted by atomic mass is 9.98. The third kappa shape index (κ3) is 3.16. The van der Waals surface area contributed by atoms with Crippen LogP contribution in [0.15, 0.2) is 0 Å². The first-order valence-corrected chi connectivity index (χ1v) is 5.07. The molecule has 0 spiro atoms. The van der Waals surface area contributed by atoms with Gasteiger partial charge in [-0.2, -0.15) is 0 Å². The van der Waals surface area contributed by atoms with Crippen LogP contribution < -0.4 is 5.32 Å². The Balaban J connectivity index is 2.38. The smallest absolute Gasteiger partial charge is 0.237 e. The first-order valence-electron chi connectivity index (χ1n) is 4.63. The van der Waals surface area contributed by atoms with E-state index in [0.717, 1.165) is 19.6 Å². The van der Waals surface area contributed by atoms with Gasteiger partial charge in [0.05, 0.1) is 6.61 Å². The molecular weight excluding hydrogens is 190 g/mol. The van der Waals surface area contributed by atoms with Gasteiger partial charge >= 0.3 is 0 Å². The third-order valence-corrected chi connectivity index (χ3v) is 2.53. The molecule has 3 unspecified atom stereocenters. The molecule has 0 aromatic carbocycles. The average Bonchev–Trinajstić information content (AvgIpc) is 2.08. The van der Waals surface area contributed by atoms with Gasteiger partial charge in [0.15, 0.2) is 0 Å². The van der Waals surface area contributed by atoms with Crippen molar-refractivity contribution in [3.8, 4) is 0 Å². The minimum absolute atomic E-state index is 0.0829. The summed E-state index contributed by atoms with van der Waals surface area (Å²) in [5.74, 6) is 0.300. The quantitative estimate of drug-likeness (QED) is 0.687. The number of hydrogen-bond donors (Lipinski definition) is 1. The number of amides is 1. The van der Waals surface area contributed by atoms with Crippen LogP contribution in [0.1, 0.15) is 20.3 Å². The van der Waals surface area contributed by atoms with Crippen LogP contribution in [0.2, 0.25) is 0 Å². The Kier molecular flexibility index (Phi) is 4.00. The van der Waals surface area contributed by atoms with Crippen molar-refractivity contribution in [3.05, 3.63) is 0 Å². The van der Waals surface area contributed by atoms with E-state index in [4.69, 9.17) is 16.3 Å². The van der Waals surface area contributed by atoms with Gasteiger partial charge in [0.25, 0.3) is 0 Å². The number of ether oxygens (including phenoxy) is 1. The van der Waals surface area contributed by atoms with Crippen LogP contribution >= 0.6 is 11.6 Å². The monoisotopic (exact) mass is 205 g/mol. The Morgan fingerprint density at radius 3 is 2.92 bits per heavy atom. The van der Waals surface area contributed by atoms with E-state index in [9.17, 15) is 4.79 Å². The Morgan fingerprint density at radius 1 is 1.69 bits per heavy atom. The summed E-state index contributed by atoms with van der Waals surface area (Å²) in [6.45, 7) is 5.21. The number of alkyl halides is 1. The Morgan fingerprint density at radius 2 is 2.38 bits per heavy atom. The highest BCUT2D eigenvalue weighted by molar-refractivity contribution is 6.30. The summed E-state index contributed by atoms with van der Waals surface area (Å²) < 4.78 is 5.27. The minimum Gasteiger partial charge on any atom is -0.381 e. The summed E-state index contributed by atoms with van der Waals surface area (Å²) in [6, 6.07) is 0.224. The molecule has 13 heavy (non-hydrogen) atoms. The zero-order valence-electron chi connectivity index (χ0n) is 8.05. The van der Waals surface area contributed by atoms with Crippen molar-refractivity contribution in [1.29, 1.82) is 0 Å². The first-order chi connectivity index (χ1) is 6.11. The molecule has 1 heterocycles. The topological polar surface area (TPSA) is 38.3 Å². The van der Waals surface area contributed by atoms with E-state index in [1.165, 1.54) is 0 Å². The van der Waals surface area contributed by atoms with Crippen LogP contribution in [0.3, 0.4) is 0 Å². The van der Waals surface area contributed by atoms with E-state index >= 15 is 0 Å². The van der Waals surface area contributed by atoms with Crippen molar-refractivity contribution >= 4 is 17.5 Å². The molecular formula is C9H16ClNO2. The SMILES string of the molecule is CC(Cl)C(=O)NC1CCOCC1C. The molecule has 0 radical (unpaired) electrons. The van der Waals surface area contributed by atoms with Crippen molar-refractivity contribution in [1.82, 2.24) is 5.32 Å². The molecule has 4 heteroatoms. The summed E-state index contributed by atoms with van der Waals surface area (Å²) in [7, 11) is 0. The molecule has 3 nitrogen and oxygen atoms in total. The van der Waals surface area contributed by atoms with Crippen molar-refractivity contribution in [2.75, 3.05) is 13.2 Å².